The number of carbonyl (C=O) groups excluding carboxylic acids is 1. The SMILES string of the molecule is CCc1cc(C(F)(F)F)n2nc(C3CCN(C(=O)c4cc5c(OC)c(OC)ccc5[nH]4)C3)cc2n1. The summed E-state index contributed by atoms with van der Waals surface area (Å²) in [6, 6.07) is 7.92. The van der Waals surface area contributed by atoms with E-state index in [4.69, 9.17) is 9.47 Å². The number of rotatable bonds is 5. The van der Waals surface area contributed by atoms with Gasteiger partial charge in [-0.25, -0.2) is 9.50 Å². The molecule has 0 spiro atoms. The topological polar surface area (TPSA) is 84.8 Å². The van der Waals surface area contributed by atoms with Crippen LogP contribution in [-0.4, -0.2) is 57.7 Å². The van der Waals surface area contributed by atoms with Gasteiger partial charge in [0.2, 0.25) is 0 Å². The van der Waals surface area contributed by atoms with E-state index in [1.165, 1.54) is 7.11 Å². The van der Waals surface area contributed by atoms with Crippen LogP contribution in [0.1, 0.15) is 46.8 Å². The van der Waals surface area contributed by atoms with Crippen LogP contribution in [0, 0.1) is 0 Å². The van der Waals surface area contributed by atoms with Gasteiger partial charge in [-0.2, -0.15) is 18.3 Å². The van der Waals surface area contributed by atoms with Gasteiger partial charge in [0.25, 0.3) is 5.91 Å². The lowest BCUT2D eigenvalue weighted by Crippen LogP contribution is -2.28. The summed E-state index contributed by atoms with van der Waals surface area (Å²) in [6.07, 6.45) is -3.58. The largest absolute Gasteiger partial charge is 0.493 e. The minimum Gasteiger partial charge on any atom is -0.493 e. The van der Waals surface area contributed by atoms with Crippen LogP contribution in [0.3, 0.4) is 0 Å². The summed E-state index contributed by atoms with van der Waals surface area (Å²) in [5.74, 6) is 0.703. The van der Waals surface area contributed by atoms with Crippen LogP contribution in [0.5, 0.6) is 11.5 Å². The third kappa shape index (κ3) is 3.94. The second-order valence-corrected chi connectivity index (χ2v) is 8.51. The van der Waals surface area contributed by atoms with Crippen molar-refractivity contribution in [3.8, 4) is 11.5 Å². The number of nitrogens with one attached hydrogen (secondary N) is 1. The zero-order chi connectivity index (χ0) is 24.9. The maximum atomic E-state index is 13.6. The first kappa shape index (κ1) is 23.0. The Morgan fingerprint density at radius 2 is 2.00 bits per heavy atom. The molecular formula is C24H24F3N5O3. The molecule has 1 aromatic carbocycles. The van der Waals surface area contributed by atoms with Crippen LogP contribution in [0.4, 0.5) is 13.2 Å². The van der Waals surface area contributed by atoms with Gasteiger partial charge in [-0.05, 0) is 37.1 Å². The van der Waals surface area contributed by atoms with Crippen LogP contribution in [0.25, 0.3) is 16.6 Å². The van der Waals surface area contributed by atoms with E-state index in [0.717, 1.165) is 21.5 Å². The highest BCUT2D eigenvalue weighted by Gasteiger charge is 2.36. The zero-order valence-corrected chi connectivity index (χ0v) is 19.4. The van der Waals surface area contributed by atoms with Gasteiger partial charge in [0, 0.05) is 36.2 Å². The van der Waals surface area contributed by atoms with Crippen molar-refractivity contribution in [1.29, 1.82) is 0 Å². The summed E-state index contributed by atoms with van der Waals surface area (Å²) < 4.78 is 52.5. The molecule has 35 heavy (non-hydrogen) atoms. The number of amides is 1. The summed E-state index contributed by atoms with van der Waals surface area (Å²) in [5, 5.41) is 4.96. The zero-order valence-electron chi connectivity index (χ0n) is 19.4. The molecule has 8 nitrogen and oxygen atoms in total. The number of likely N-dealkylation sites (tertiary alicyclic amines) is 1. The molecule has 1 saturated heterocycles. The minimum absolute atomic E-state index is 0.160. The highest BCUT2D eigenvalue weighted by Crippen LogP contribution is 2.37. The molecular weight excluding hydrogens is 463 g/mol. The Hall–Kier alpha value is -3.76. The number of alkyl halides is 3. The van der Waals surface area contributed by atoms with E-state index >= 15 is 0 Å². The molecule has 0 bridgehead atoms. The normalized spacial score (nSPS) is 16.4. The quantitative estimate of drug-likeness (QED) is 0.450. The average molecular weight is 487 g/mol. The predicted molar refractivity (Wildman–Crippen MR) is 122 cm³/mol. The Balaban J connectivity index is 1.41. The lowest BCUT2D eigenvalue weighted by molar-refractivity contribution is -0.142. The van der Waals surface area contributed by atoms with Crippen molar-refractivity contribution < 1.29 is 27.4 Å². The van der Waals surface area contributed by atoms with E-state index in [-0.39, 0.29) is 17.5 Å². The number of carbonyl (C=O) groups is 1. The molecule has 4 aromatic rings. The van der Waals surface area contributed by atoms with Crippen molar-refractivity contribution in [1.82, 2.24) is 24.5 Å². The van der Waals surface area contributed by atoms with Gasteiger partial charge >= 0.3 is 6.18 Å². The number of H-pyrrole nitrogens is 1. The van der Waals surface area contributed by atoms with Crippen LogP contribution in [-0.2, 0) is 12.6 Å². The predicted octanol–water partition coefficient (Wildman–Crippen LogP) is 4.44. The third-order valence-corrected chi connectivity index (χ3v) is 6.42. The fraction of sp³-hybridized carbons (Fsp3) is 0.375. The van der Waals surface area contributed by atoms with E-state index < -0.39 is 11.9 Å². The van der Waals surface area contributed by atoms with Gasteiger partial charge in [0.15, 0.2) is 17.1 Å². The Labute approximate surface area is 198 Å². The number of hydrogen-bond acceptors (Lipinski definition) is 5. The minimum atomic E-state index is -4.55. The molecule has 1 unspecified atom stereocenters. The van der Waals surface area contributed by atoms with E-state index in [0.29, 0.717) is 54.5 Å². The van der Waals surface area contributed by atoms with Crippen LogP contribution < -0.4 is 9.47 Å². The van der Waals surface area contributed by atoms with Crippen LogP contribution >= 0.6 is 0 Å². The molecule has 4 heterocycles. The van der Waals surface area contributed by atoms with E-state index in [1.54, 1.807) is 37.1 Å². The maximum absolute atomic E-state index is 13.6. The molecule has 5 rings (SSSR count). The van der Waals surface area contributed by atoms with Crippen molar-refractivity contribution in [2.24, 2.45) is 0 Å². The summed E-state index contributed by atoms with van der Waals surface area (Å²) >= 11 is 0. The number of hydrogen-bond donors (Lipinski definition) is 1. The number of fused-ring (bicyclic) bond motifs is 2. The van der Waals surface area contributed by atoms with Gasteiger partial charge in [-0.15, -0.1) is 0 Å². The van der Waals surface area contributed by atoms with Gasteiger partial charge in [0.1, 0.15) is 11.4 Å². The van der Waals surface area contributed by atoms with Crippen molar-refractivity contribution in [3.63, 3.8) is 0 Å². The van der Waals surface area contributed by atoms with Crippen molar-refractivity contribution in [3.05, 3.63) is 53.1 Å². The number of ether oxygens (including phenoxy) is 2. The molecule has 0 radical (unpaired) electrons. The van der Waals surface area contributed by atoms with E-state index in [2.05, 4.69) is 15.1 Å². The number of halogens is 3. The molecule has 1 atom stereocenters. The Morgan fingerprint density at radius 1 is 1.20 bits per heavy atom. The fourth-order valence-corrected chi connectivity index (χ4v) is 4.63. The summed E-state index contributed by atoms with van der Waals surface area (Å²) in [5.41, 5.74) is 1.29. The summed E-state index contributed by atoms with van der Waals surface area (Å²) in [7, 11) is 3.08. The summed E-state index contributed by atoms with van der Waals surface area (Å²) in [6.45, 7) is 2.57. The van der Waals surface area contributed by atoms with Gasteiger partial charge < -0.3 is 19.4 Å². The third-order valence-electron chi connectivity index (χ3n) is 6.42. The molecule has 11 heteroatoms. The summed E-state index contributed by atoms with van der Waals surface area (Å²) in [4.78, 5) is 22.3. The van der Waals surface area contributed by atoms with Gasteiger partial charge in [0.05, 0.1) is 25.4 Å². The lowest BCUT2D eigenvalue weighted by Gasteiger charge is -2.15. The van der Waals surface area contributed by atoms with Crippen molar-refractivity contribution in [2.45, 2.75) is 31.9 Å². The first-order chi connectivity index (χ1) is 16.7. The molecule has 1 aliphatic rings. The van der Waals surface area contributed by atoms with Crippen molar-refractivity contribution in [2.75, 3.05) is 27.3 Å². The first-order valence-corrected chi connectivity index (χ1v) is 11.2. The molecule has 184 valence electrons. The van der Waals surface area contributed by atoms with Crippen molar-refractivity contribution >= 4 is 22.5 Å². The molecule has 1 aliphatic heterocycles. The number of nitrogens with zero attached hydrogens (tertiary/aromatic N) is 4. The molecule has 1 N–H and O–H groups in total. The molecule has 0 saturated carbocycles. The molecule has 0 aliphatic carbocycles. The van der Waals surface area contributed by atoms with Crippen LogP contribution in [0.2, 0.25) is 0 Å². The molecule has 1 fully saturated rings. The van der Waals surface area contributed by atoms with Gasteiger partial charge in [-0.1, -0.05) is 6.92 Å². The fourth-order valence-electron chi connectivity index (χ4n) is 4.63. The lowest BCUT2D eigenvalue weighted by atomic mass is 10.1. The maximum Gasteiger partial charge on any atom is 0.433 e. The first-order valence-electron chi connectivity index (χ1n) is 11.2. The Kier molecular flexibility index (Phi) is 5.57. The Bertz CT molecular complexity index is 1430. The van der Waals surface area contributed by atoms with E-state index in [9.17, 15) is 18.0 Å². The highest BCUT2D eigenvalue weighted by atomic mass is 19.4. The average Bonchev–Trinajstić information content (AvgIpc) is 3.58. The number of aryl methyl sites for hydroxylation is 1. The van der Waals surface area contributed by atoms with E-state index in [1.807, 2.05) is 6.07 Å². The number of benzene rings is 1. The monoisotopic (exact) mass is 487 g/mol. The molecule has 1 amide bonds. The van der Waals surface area contributed by atoms with Gasteiger partial charge in [-0.3, -0.25) is 4.79 Å². The number of aromatic amines is 1. The highest BCUT2D eigenvalue weighted by molar-refractivity contribution is 6.00. The number of aromatic nitrogens is 4. The number of methoxy groups -OCH3 is 2. The molecule has 3 aromatic heterocycles. The smallest absolute Gasteiger partial charge is 0.433 e. The second kappa shape index (κ2) is 8.47. The second-order valence-electron chi connectivity index (χ2n) is 8.51. The Morgan fingerprint density at radius 3 is 2.69 bits per heavy atom. The van der Waals surface area contributed by atoms with Crippen LogP contribution in [0.15, 0.2) is 30.3 Å². The standard InChI is InChI=1S/C24H24F3N5O3/c1-4-14-9-20(24(25,26)27)32-21(28-14)11-17(30-32)13-7-8-31(12-13)23(33)18-10-15-16(29-18)5-6-19(34-2)22(15)35-3/h5-6,9-11,13,29H,4,7-8,12H2,1-3H3.